The Hall–Kier alpha value is -3.15. The molecule has 0 aliphatic heterocycles. The molecule has 0 atom stereocenters. The highest BCUT2D eigenvalue weighted by Crippen LogP contribution is 2.26. The zero-order valence-corrected chi connectivity index (χ0v) is 12.7. The van der Waals surface area contributed by atoms with Crippen molar-refractivity contribution in [2.45, 2.75) is 0 Å². The topological polar surface area (TPSA) is 76.7 Å². The molecule has 0 spiro atoms. The molecule has 1 heterocycles. The second-order valence-electron chi connectivity index (χ2n) is 5.00. The molecule has 1 aromatic heterocycles. The average molecular weight is 309 g/mol. The van der Waals surface area contributed by atoms with Gasteiger partial charge < -0.3 is 14.5 Å². The molecular formula is C17H15N3O3. The van der Waals surface area contributed by atoms with E-state index < -0.39 is 5.56 Å². The maximum absolute atomic E-state index is 12.4. The van der Waals surface area contributed by atoms with Gasteiger partial charge in [0.05, 0.1) is 18.3 Å². The summed E-state index contributed by atoms with van der Waals surface area (Å²) in [6.45, 7) is 0. The molecule has 6 heteroatoms. The van der Waals surface area contributed by atoms with Crippen molar-refractivity contribution in [3.63, 3.8) is 0 Å². The highest BCUT2D eigenvalue weighted by Gasteiger charge is 2.10. The normalized spacial score (nSPS) is 11.7. The fraction of sp³-hybridized carbons (Fsp3) is 0.118. The van der Waals surface area contributed by atoms with E-state index >= 15 is 0 Å². The molecule has 3 aromatic rings. The SMILES string of the molecule is COc1ccc2c(-c3ccccc3)n/c(=N/O)c(=O)n(C)c2c1. The van der Waals surface area contributed by atoms with Crippen molar-refractivity contribution in [3.8, 4) is 17.0 Å². The number of nitrogens with zero attached hydrogens (tertiary/aromatic N) is 3. The molecule has 2 aromatic carbocycles. The summed E-state index contributed by atoms with van der Waals surface area (Å²) < 4.78 is 6.64. The number of fused-ring (bicyclic) bond motifs is 1. The van der Waals surface area contributed by atoms with Crippen molar-refractivity contribution in [2.24, 2.45) is 12.2 Å². The van der Waals surface area contributed by atoms with E-state index in [-0.39, 0.29) is 5.49 Å². The van der Waals surface area contributed by atoms with Crippen LogP contribution < -0.4 is 15.8 Å². The van der Waals surface area contributed by atoms with E-state index in [0.717, 1.165) is 10.9 Å². The quantitative estimate of drug-likeness (QED) is 0.579. The van der Waals surface area contributed by atoms with Gasteiger partial charge in [0.2, 0.25) is 0 Å². The van der Waals surface area contributed by atoms with Crippen molar-refractivity contribution < 1.29 is 9.94 Å². The van der Waals surface area contributed by atoms with E-state index in [1.807, 2.05) is 36.4 Å². The zero-order valence-electron chi connectivity index (χ0n) is 12.7. The molecule has 1 N–H and O–H groups in total. The molecule has 0 aliphatic carbocycles. The number of hydrogen-bond donors (Lipinski definition) is 1. The van der Waals surface area contributed by atoms with Gasteiger partial charge in [0.15, 0.2) is 0 Å². The number of ether oxygens (including phenoxy) is 1. The van der Waals surface area contributed by atoms with Gasteiger partial charge in [0, 0.05) is 24.1 Å². The Balaban J connectivity index is 2.57. The first kappa shape index (κ1) is 14.8. The van der Waals surface area contributed by atoms with E-state index in [2.05, 4.69) is 10.1 Å². The number of benzene rings is 2. The molecule has 0 radical (unpaired) electrons. The molecule has 23 heavy (non-hydrogen) atoms. The number of rotatable bonds is 2. The minimum absolute atomic E-state index is 0.262. The van der Waals surface area contributed by atoms with Gasteiger partial charge in [-0.15, -0.1) is 0 Å². The van der Waals surface area contributed by atoms with Crippen LogP contribution in [0, 0.1) is 0 Å². The Bertz CT molecular complexity index is 995. The second-order valence-corrected chi connectivity index (χ2v) is 5.00. The van der Waals surface area contributed by atoms with E-state index in [4.69, 9.17) is 9.94 Å². The smallest absolute Gasteiger partial charge is 0.299 e. The van der Waals surface area contributed by atoms with Crippen molar-refractivity contribution in [1.82, 2.24) is 9.55 Å². The van der Waals surface area contributed by atoms with Crippen molar-refractivity contribution in [2.75, 3.05) is 7.11 Å². The predicted molar refractivity (Wildman–Crippen MR) is 86.3 cm³/mol. The lowest BCUT2D eigenvalue weighted by molar-refractivity contribution is 0.297. The van der Waals surface area contributed by atoms with Crippen LogP contribution in [-0.4, -0.2) is 21.9 Å². The third-order valence-corrected chi connectivity index (χ3v) is 3.68. The van der Waals surface area contributed by atoms with E-state index in [9.17, 15) is 4.79 Å². The van der Waals surface area contributed by atoms with Crippen LogP contribution in [0.25, 0.3) is 22.2 Å². The summed E-state index contributed by atoms with van der Waals surface area (Å²) in [5, 5.41) is 13.0. The minimum atomic E-state index is -0.493. The lowest BCUT2D eigenvalue weighted by atomic mass is 10.1. The molecule has 0 fully saturated rings. The van der Waals surface area contributed by atoms with Crippen molar-refractivity contribution in [1.29, 1.82) is 0 Å². The van der Waals surface area contributed by atoms with Crippen LogP contribution in [0.5, 0.6) is 5.75 Å². The second kappa shape index (κ2) is 5.92. The van der Waals surface area contributed by atoms with Crippen molar-refractivity contribution in [3.05, 3.63) is 64.4 Å². The summed E-state index contributed by atoms with van der Waals surface area (Å²) in [4.78, 5) is 16.7. The standard InChI is InChI=1S/C17H15N3O3/c1-20-14-10-12(23-2)8-9-13(14)15(11-6-4-3-5-7-11)18-16(19-22)17(20)21/h3-10,22H,1-2H3/b19-16+. The number of aromatic nitrogens is 2. The van der Waals surface area contributed by atoms with Gasteiger partial charge in [0.25, 0.3) is 11.0 Å². The third-order valence-electron chi connectivity index (χ3n) is 3.68. The minimum Gasteiger partial charge on any atom is -0.497 e. The Morgan fingerprint density at radius 2 is 1.91 bits per heavy atom. The Morgan fingerprint density at radius 1 is 1.17 bits per heavy atom. The molecule has 3 rings (SSSR count). The van der Waals surface area contributed by atoms with Crippen LogP contribution in [0.3, 0.4) is 0 Å². The first-order valence-electron chi connectivity index (χ1n) is 6.98. The highest BCUT2D eigenvalue weighted by molar-refractivity contribution is 5.92. The molecule has 0 bridgehead atoms. The van der Waals surface area contributed by atoms with E-state index in [1.165, 1.54) is 4.57 Å². The van der Waals surface area contributed by atoms with Gasteiger partial charge in [-0.2, -0.15) is 0 Å². The maximum Gasteiger partial charge on any atom is 0.299 e. The summed E-state index contributed by atoms with van der Waals surface area (Å²) in [7, 11) is 3.17. The fourth-order valence-electron chi connectivity index (χ4n) is 2.47. The van der Waals surface area contributed by atoms with Crippen molar-refractivity contribution >= 4 is 10.9 Å². The summed E-state index contributed by atoms with van der Waals surface area (Å²) in [5.41, 5.74) is 1.27. The molecule has 116 valence electrons. The van der Waals surface area contributed by atoms with Gasteiger partial charge >= 0.3 is 0 Å². The van der Waals surface area contributed by atoms with Crippen LogP contribution in [0.15, 0.2) is 58.5 Å². The van der Waals surface area contributed by atoms with Crippen LogP contribution in [0.4, 0.5) is 0 Å². The summed E-state index contributed by atoms with van der Waals surface area (Å²) in [5.74, 6) is 0.625. The fourth-order valence-corrected chi connectivity index (χ4v) is 2.47. The lowest BCUT2D eigenvalue weighted by Gasteiger charge is -2.06. The molecule has 0 unspecified atom stereocenters. The monoisotopic (exact) mass is 309 g/mol. The van der Waals surface area contributed by atoms with E-state index in [1.54, 1.807) is 26.3 Å². The number of methoxy groups -OCH3 is 1. The molecule has 6 nitrogen and oxygen atoms in total. The summed E-state index contributed by atoms with van der Waals surface area (Å²) >= 11 is 0. The zero-order chi connectivity index (χ0) is 16.4. The van der Waals surface area contributed by atoms with Gasteiger partial charge in [0.1, 0.15) is 5.75 Å². The first-order valence-corrected chi connectivity index (χ1v) is 6.98. The number of aryl methyl sites for hydroxylation is 1. The largest absolute Gasteiger partial charge is 0.497 e. The summed E-state index contributed by atoms with van der Waals surface area (Å²) in [6.07, 6.45) is 0. The molecular weight excluding hydrogens is 294 g/mol. The van der Waals surface area contributed by atoms with Crippen LogP contribution in [-0.2, 0) is 7.05 Å². The Kier molecular flexibility index (Phi) is 3.80. The van der Waals surface area contributed by atoms with Gasteiger partial charge in [-0.25, -0.2) is 4.98 Å². The Morgan fingerprint density at radius 3 is 2.57 bits per heavy atom. The lowest BCUT2D eigenvalue weighted by Crippen LogP contribution is -2.32. The maximum atomic E-state index is 12.4. The number of hydrogen-bond acceptors (Lipinski definition) is 5. The summed E-state index contributed by atoms with van der Waals surface area (Å²) in [6, 6.07) is 14.8. The third kappa shape index (κ3) is 2.55. The average Bonchev–Trinajstić information content (AvgIpc) is 2.71. The molecule has 0 saturated carbocycles. The predicted octanol–water partition coefficient (Wildman–Crippen LogP) is 1.90. The molecule has 0 saturated heterocycles. The van der Waals surface area contributed by atoms with Gasteiger partial charge in [-0.05, 0) is 12.1 Å². The molecule has 0 aliphatic rings. The van der Waals surface area contributed by atoms with Crippen LogP contribution >= 0.6 is 0 Å². The Labute approximate surface area is 131 Å². The highest BCUT2D eigenvalue weighted by atomic mass is 16.5. The van der Waals surface area contributed by atoms with Crippen LogP contribution in [0.1, 0.15) is 0 Å². The van der Waals surface area contributed by atoms with Gasteiger partial charge in [-0.1, -0.05) is 35.5 Å². The van der Waals surface area contributed by atoms with Gasteiger partial charge in [-0.3, -0.25) is 4.79 Å². The van der Waals surface area contributed by atoms with E-state index in [0.29, 0.717) is 17.0 Å². The first-order chi connectivity index (χ1) is 11.2. The van der Waals surface area contributed by atoms with Crippen LogP contribution in [0.2, 0.25) is 0 Å². The molecule has 0 amide bonds.